The first kappa shape index (κ1) is 19.4. The molecule has 2 heterocycles. The first-order chi connectivity index (χ1) is 10.2. The first-order valence-corrected chi connectivity index (χ1v) is 7.69. The van der Waals surface area contributed by atoms with Crippen molar-refractivity contribution in [2.75, 3.05) is 18.8 Å². The number of carbonyl (C=O) groups is 1. The average Bonchev–Trinajstić information content (AvgIpc) is 2.99. The standard InChI is InChI=1S/C9H12N2.C4H9N.C2H6.CH2O2/c1-6-4-8(6)7-2-3-9(10)11-5-7;1-2-4-5-3-1;1-2;2-1-3/h2-3,5-6,8H,4H2,1H3,(H2,10,11);5H,1-4H2;1-2H3;1H,(H,2,3). The molecule has 2 atom stereocenters. The lowest BCUT2D eigenvalue weighted by molar-refractivity contribution is -0.122. The number of rotatable bonds is 1. The molecule has 4 N–H and O–H groups in total. The van der Waals surface area contributed by atoms with Gasteiger partial charge in [0, 0.05) is 6.20 Å². The quantitative estimate of drug-likeness (QED) is 0.693. The van der Waals surface area contributed by atoms with E-state index in [0.717, 1.165) is 11.8 Å². The third-order valence-electron chi connectivity index (χ3n) is 3.30. The van der Waals surface area contributed by atoms with Gasteiger partial charge in [-0.1, -0.05) is 26.8 Å². The number of carboxylic acid groups (broad SMARTS) is 1. The van der Waals surface area contributed by atoms with Gasteiger partial charge in [-0.25, -0.2) is 4.98 Å². The molecule has 1 aliphatic carbocycles. The van der Waals surface area contributed by atoms with Gasteiger partial charge in [0.25, 0.3) is 6.47 Å². The van der Waals surface area contributed by atoms with Gasteiger partial charge >= 0.3 is 0 Å². The maximum Gasteiger partial charge on any atom is 0.290 e. The minimum absolute atomic E-state index is 0.250. The van der Waals surface area contributed by atoms with Gasteiger partial charge in [-0.2, -0.15) is 0 Å². The maximum absolute atomic E-state index is 8.36. The lowest BCUT2D eigenvalue weighted by Crippen LogP contribution is -2.03. The Hall–Kier alpha value is -1.62. The molecule has 5 heteroatoms. The van der Waals surface area contributed by atoms with E-state index in [9.17, 15) is 0 Å². The van der Waals surface area contributed by atoms with Gasteiger partial charge in [0.05, 0.1) is 0 Å². The summed E-state index contributed by atoms with van der Waals surface area (Å²) < 4.78 is 0. The van der Waals surface area contributed by atoms with Gasteiger partial charge in [-0.15, -0.1) is 0 Å². The van der Waals surface area contributed by atoms with E-state index in [1.54, 1.807) is 0 Å². The second-order valence-corrected chi connectivity index (χ2v) is 4.90. The van der Waals surface area contributed by atoms with Gasteiger partial charge in [-0.05, 0) is 55.8 Å². The number of hydrogen-bond donors (Lipinski definition) is 3. The molecule has 1 aliphatic heterocycles. The lowest BCUT2D eigenvalue weighted by Gasteiger charge is -1.96. The molecule has 1 aromatic rings. The molecule has 0 aromatic carbocycles. The van der Waals surface area contributed by atoms with Crippen LogP contribution in [-0.2, 0) is 4.79 Å². The summed E-state index contributed by atoms with van der Waals surface area (Å²) >= 11 is 0. The monoisotopic (exact) mass is 295 g/mol. The number of hydrogen-bond acceptors (Lipinski definition) is 4. The normalized spacial score (nSPS) is 21.5. The summed E-state index contributed by atoms with van der Waals surface area (Å²) in [5.41, 5.74) is 6.81. The number of anilines is 1. The largest absolute Gasteiger partial charge is 0.483 e. The molecule has 5 nitrogen and oxygen atoms in total. The number of nitrogens with zero attached hydrogens (tertiary/aromatic N) is 1. The van der Waals surface area contributed by atoms with Gasteiger partial charge < -0.3 is 16.2 Å². The van der Waals surface area contributed by atoms with Crippen molar-refractivity contribution in [3.8, 4) is 0 Å². The van der Waals surface area contributed by atoms with Crippen LogP contribution in [0.3, 0.4) is 0 Å². The molecule has 3 rings (SSSR count). The Morgan fingerprint density at radius 3 is 2.14 bits per heavy atom. The van der Waals surface area contributed by atoms with Crippen molar-refractivity contribution >= 4 is 12.3 Å². The highest BCUT2D eigenvalue weighted by Crippen LogP contribution is 2.46. The van der Waals surface area contributed by atoms with E-state index in [2.05, 4.69) is 23.3 Å². The third-order valence-corrected chi connectivity index (χ3v) is 3.30. The fourth-order valence-corrected chi connectivity index (χ4v) is 2.05. The van der Waals surface area contributed by atoms with E-state index in [0.29, 0.717) is 5.82 Å². The smallest absolute Gasteiger partial charge is 0.290 e. The van der Waals surface area contributed by atoms with E-state index in [-0.39, 0.29) is 6.47 Å². The summed E-state index contributed by atoms with van der Waals surface area (Å²) in [6.07, 6.45) is 5.98. The number of nitrogens with one attached hydrogen (secondary N) is 1. The molecule has 2 unspecified atom stereocenters. The predicted octanol–water partition coefficient (Wildman–Crippen LogP) is 2.88. The summed E-state index contributed by atoms with van der Waals surface area (Å²) in [6, 6.07) is 3.96. The fraction of sp³-hybridized carbons (Fsp3) is 0.625. The predicted molar refractivity (Wildman–Crippen MR) is 87.3 cm³/mol. The molecule has 0 radical (unpaired) electrons. The highest BCUT2D eigenvalue weighted by Gasteiger charge is 2.33. The molecule has 0 spiro atoms. The molecule has 2 fully saturated rings. The Labute approximate surface area is 128 Å². The molecule has 120 valence electrons. The zero-order valence-electron chi connectivity index (χ0n) is 13.4. The molecule has 0 bridgehead atoms. The number of pyridine rings is 1. The van der Waals surface area contributed by atoms with Crippen LogP contribution in [0.4, 0.5) is 5.82 Å². The summed E-state index contributed by atoms with van der Waals surface area (Å²) in [6.45, 7) is 8.51. The highest BCUT2D eigenvalue weighted by atomic mass is 16.3. The second kappa shape index (κ2) is 12.1. The van der Waals surface area contributed by atoms with Crippen LogP contribution < -0.4 is 11.1 Å². The first-order valence-electron chi connectivity index (χ1n) is 7.69. The van der Waals surface area contributed by atoms with E-state index in [1.807, 2.05) is 26.1 Å². The van der Waals surface area contributed by atoms with Gasteiger partial charge in [-0.3, -0.25) is 4.79 Å². The van der Waals surface area contributed by atoms with E-state index < -0.39 is 0 Å². The van der Waals surface area contributed by atoms with Crippen molar-refractivity contribution in [1.82, 2.24) is 10.3 Å². The van der Waals surface area contributed by atoms with Crippen molar-refractivity contribution in [3.63, 3.8) is 0 Å². The van der Waals surface area contributed by atoms with Gasteiger partial charge in [0.1, 0.15) is 5.82 Å². The minimum atomic E-state index is -0.250. The SMILES string of the molecule is C1CCNC1.CC.CC1CC1c1ccc(N)nc1.O=CO. The number of nitrogen functional groups attached to an aromatic ring is 1. The Balaban J connectivity index is 0.000000335. The van der Waals surface area contributed by atoms with Crippen LogP contribution in [0.2, 0.25) is 0 Å². The summed E-state index contributed by atoms with van der Waals surface area (Å²) in [5.74, 6) is 2.21. The fourth-order valence-electron chi connectivity index (χ4n) is 2.05. The third kappa shape index (κ3) is 9.02. The molecular weight excluding hydrogens is 266 g/mol. The zero-order valence-corrected chi connectivity index (χ0v) is 13.4. The Kier molecular flexibility index (Phi) is 11.2. The summed E-state index contributed by atoms with van der Waals surface area (Å²) in [5, 5.41) is 10.1. The number of nitrogens with two attached hydrogens (primary N) is 1. The Morgan fingerprint density at radius 2 is 1.86 bits per heavy atom. The Morgan fingerprint density at radius 1 is 1.33 bits per heavy atom. The van der Waals surface area contributed by atoms with E-state index in [1.165, 1.54) is 37.9 Å². The maximum atomic E-state index is 8.36. The topological polar surface area (TPSA) is 88.2 Å². The molecule has 1 aromatic heterocycles. The molecule has 1 saturated heterocycles. The zero-order chi connectivity index (χ0) is 16.1. The van der Waals surface area contributed by atoms with Gasteiger partial charge in [0.2, 0.25) is 0 Å². The number of aromatic nitrogens is 1. The van der Waals surface area contributed by atoms with Crippen LogP contribution in [0.5, 0.6) is 0 Å². The van der Waals surface area contributed by atoms with E-state index >= 15 is 0 Å². The van der Waals surface area contributed by atoms with Crippen LogP contribution >= 0.6 is 0 Å². The van der Waals surface area contributed by atoms with Crippen LogP contribution in [-0.4, -0.2) is 29.7 Å². The molecular formula is C16H29N3O2. The lowest BCUT2D eigenvalue weighted by atomic mass is 10.1. The van der Waals surface area contributed by atoms with Crippen LogP contribution in [0.25, 0.3) is 0 Å². The van der Waals surface area contributed by atoms with Crippen LogP contribution in [0.15, 0.2) is 18.3 Å². The molecule has 0 amide bonds. The van der Waals surface area contributed by atoms with Crippen LogP contribution in [0, 0.1) is 5.92 Å². The summed E-state index contributed by atoms with van der Waals surface area (Å²) in [7, 11) is 0. The minimum Gasteiger partial charge on any atom is -0.483 e. The van der Waals surface area contributed by atoms with Gasteiger partial charge in [0.15, 0.2) is 0 Å². The van der Waals surface area contributed by atoms with Crippen molar-refractivity contribution in [1.29, 1.82) is 0 Å². The van der Waals surface area contributed by atoms with E-state index in [4.69, 9.17) is 15.6 Å². The average molecular weight is 295 g/mol. The molecule has 21 heavy (non-hydrogen) atoms. The summed E-state index contributed by atoms with van der Waals surface area (Å²) in [4.78, 5) is 12.4. The van der Waals surface area contributed by atoms with Crippen molar-refractivity contribution in [2.24, 2.45) is 5.92 Å². The second-order valence-electron chi connectivity index (χ2n) is 4.90. The van der Waals surface area contributed by atoms with Crippen LogP contribution in [0.1, 0.15) is 51.5 Å². The van der Waals surface area contributed by atoms with Crippen molar-refractivity contribution < 1.29 is 9.90 Å². The van der Waals surface area contributed by atoms with Crippen molar-refractivity contribution in [2.45, 2.75) is 46.0 Å². The highest BCUT2D eigenvalue weighted by molar-refractivity contribution is 5.33. The Bertz CT molecular complexity index is 357. The molecule has 2 aliphatic rings. The van der Waals surface area contributed by atoms with Crippen molar-refractivity contribution in [3.05, 3.63) is 23.9 Å². The molecule has 1 saturated carbocycles.